The van der Waals surface area contributed by atoms with Crippen molar-refractivity contribution in [2.45, 2.75) is 39.3 Å². The molecule has 18 heavy (non-hydrogen) atoms. The van der Waals surface area contributed by atoms with E-state index < -0.39 is 6.04 Å². The third-order valence-corrected chi connectivity index (χ3v) is 2.80. The van der Waals surface area contributed by atoms with Crippen molar-refractivity contribution in [3.8, 4) is 5.75 Å². The van der Waals surface area contributed by atoms with Crippen LogP contribution in [0, 0.1) is 0 Å². The van der Waals surface area contributed by atoms with Crippen molar-refractivity contribution in [3.63, 3.8) is 0 Å². The molecule has 3 N–H and O–H groups in total. The van der Waals surface area contributed by atoms with Crippen LogP contribution in [0.4, 0.5) is 0 Å². The average Bonchev–Trinajstić information content (AvgIpc) is 2.38. The molecule has 0 bridgehead atoms. The summed E-state index contributed by atoms with van der Waals surface area (Å²) in [4.78, 5) is 11.7. The van der Waals surface area contributed by atoms with E-state index in [1.807, 2.05) is 45.0 Å². The van der Waals surface area contributed by atoms with Gasteiger partial charge in [0.25, 0.3) is 0 Å². The predicted molar refractivity (Wildman–Crippen MR) is 72.4 cm³/mol. The zero-order chi connectivity index (χ0) is 13.5. The van der Waals surface area contributed by atoms with Crippen molar-refractivity contribution in [1.82, 2.24) is 5.32 Å². The highest BCUT2D eigenvalue weighted by atomic mass is 16.5. The summed E-state index contributed by atoms with van der Waals surface area (Å²) in [5.41, 5.74) is 6.70. The van der Waals surface area contributed by atoms with Crippen LogP contribution < -0.4 is 15.8 Å². The van der Waals surface area contributed by atoms with Gasteiger partial charge in [-0.2, -0.15) is 0 Å². The fourth-order valence-electron chi connectivity index (χ4n) is 1.63. The summed E-state index contributed by atoms with van der Waals surface area (Å²) in [5, 5.41) is 2.90. The molecular formula is C14H22N2O2. The minimum Gasteiger partial charge on any atom is -0.494 e. The van der Waals surface area contributed by atoms with Crippen molar-refractivity contribution in [2.75, 3.05) is 6.61 Å². The third-order valence-electron chi connectivity index (χ3n) is 2.80. The highest BCUT2D eigenvalue weighted by molar-refractivity contribution is 5.81. The molecule has 1 aromatic carbocycles. The Morgan fingerprint density at radius 3 is 2.78 bits per heavy atom. The molecule has 0 fully saturated rings. The van der Waals surface area contributed by atoms with Crippen LogP contribution >= 0.6 is 0 Å². The zero-order valence-corrected chi connectivity index (χ0v) is 11.3. The molecule has 0 spiro atoms. The Hall–Kier alpha value is -1.55. The lowest BCUT2D eigenvalue weighted by molar-refractivity contribution is -0.123. The number of amides is 1. The molecule has 0 aromatic heterocycles. The first-order chi connectivity index (χ1) is 8.58. The molecule has 0 aliphatic carbocycles. The van der Waals surface area contributed by atoms with E-state index in [2.05, 4.69) is 5.32 Å². The smallest absolute Gasteiger partial charge is 0.237 e. The van der Waals surface area contributed by atoms with Gasteiger partial charge >= 0.3 is 0 Å². The Labute approximate surface area is 109 Å². The van der Waals surface area contributed by atoms with Gasteiger partial charge in [0.15, 0.2) is 0 Å². The molecule has 0 aliphatic rings. The number of benzene rings is 1. The van der Waals surface area contributed by atoms with Crippen molar-refractivity contribution in [1.29, 1.82) is 0 Å². The van der Waals surface area contributed by atoms with Crippen LogP contribution in [0.25, 0.3) is 0 Å². The molecule has 0 aliphatic heterocycles. The van der Waals surface area contributed by atoms with Gasteiger partial charge in [-0.05, 0) is 38.0 Å². The van der Waals surface area contributed by atoms with Crippen molar-refractivity contribution < 1.29 is 9.53 Å². The highest BCUT2D eigenvalue weighted by Gasteiger charge is 2.15. The van der Waals surface area contributed by atoms with E-state index in [0.717, 1.165) is 11.3 Å². The lowest BCUT2D eigenvalue weighted by Crippen LogP contribution is -2.41. The summed E-state index contributed by atoms with van der Waals surface area (Å²) in [5.74, 6) is 0.697. The van der Waals surface area contributed by atoms with Crippen LogP contribution in [0.1, 0.15) is 38.8 Å². The van der Waals surface area contributed by atoms with Crippen molar-refractivity contribution in [2.24, 2.45) is 5.73 Å². The van der Waals surface area contributed by atoms with Crippen molar-refractivity contribution >= 4 is 5.91 Å². The molecule has 4 heteroatoms. The maximum atomic E-state index is 11.7. The maximum absolute atomic E-state index is 11.7. The third kappa shape index (κ3) is 4.04. The SMILES string of the molecule is CCOc1cccc([C@H](C)NC(=O)[C@H](N)CC)c1. The van der Waals surface area contributed by atoms with Gasteiger partial charge in [0.1, 0.15) is 5.75 Å². The highest BCUT2D eigenvalue weighted by Crippen LogP contribution is 2.19. The van der Waals surface area contributed by atoms with Crippen LogP contribution in [0.2, 0.25) is 0 Å². The van der Waals surface area contributed by atoms with Crippen LogP contribution in [-0.4, -0.2) is 18.6 Å². The molecule has 4 nitrogen and oxygen atoms in total. The van der Waals surface area contributed by atoms with Gasteiger partial charge in [-0.3, -0.25) is 4.79 Å². The van der Waals surface area contributed by atoms with E-state index in [4.69, 9.17) is 10.5 Å². The molecule has 0 saturated heterocycles. The summed E-state index contributed by atoms with van der Waals surface area (Å²) in [6, 6.07) is 7.21. The van der Waals surface area contributed by atoms with Gasteiger partial charge in [0.2, 0.25) is 5.91 Å². The Morgan fingerprint density at radius 1 is 1.44 bits per heavy atom. The molecule has 1 aromatic rings. The van der Waals surface area contributed by atoms with E-state index in [-0.39, 0.29) is 11.9 Å². The number of hydrogen-bond donors (Lipinski definition) is 2. The molecular weight excluding hydrogens is 228 g/mol. The number of hydrogen-bond acceptors (Lipinski definition) is 3. The molecule has 0 heterocycles. The van der Waals surface area contributed by atoms with Gasteiger partial charge in [0, 0.05) is 0 Å². The molecule has 1 rings (SSSR count). The number of nitrogens with two attached hydrogens (primary N) is 1. The van der Waals surface area contributed by atoms with Gasteiger partial charge in [-0.1, -0.05) is 19.1 Å². The molecule has 2 atom stereocenters. The molecule has 0 saturated carbocycles. The topological polar surface area (TPSA) is 64.3 Å². The minimum atomic E-state index is -0.442. The van der Waals surface area contributed by atoms with Crippen molar-refractivity contribution in [3.05, 3.63) is 29.8 Å². The second-order valence-electron chi connectivity index (χ2n) is 4.25. The number of rotatable bonds is 6. The number of carbonyl (C=O) groups is 1. The monoisotopic (exact) mass is 250 g/mol. The van der Waals surface area contributed by atoms with Crippen LogP contribution in [0.15, 0.2) is 24.3 Å². The van der Waals surface area contributed by atoms with Gasteiger partial charge in [-0.15, -0.1) is 0 Å². The fraction of sp³-hybridized carbons (Fsp3) is 0.500. The molecule has 0 radical (unpaired) electrons. The first-order valence-electron chi connectivity index (χ1n) is 6.37. The van der Waals surface area contributed by atoms with Crippen LogP contribution in [-0.2, 0) is 4.79 Å². The Morgan fingerprint density at radius 2 is 2.17 bits per heavy atom. The number of ether oxygens (including phenoxy) is 1. The van der Waals surface area contributed by atoms with E-state index in [9.17, 15) is 4.79 Å². The van der Waals surface area contributed by atoms with Crippen LogP contribution in [0.5, 0.6) is 5.75 Å². The summed E-state index contributed by atoms with van der Waals surface area (Å²) < 4.78 is 5.43. The Kier molecular flexibility index (Phi) is 5.65. The summed E-state index contributed by atoms with van der Waals surface area (Å²) in [6.07, 6.45) is 0.636. The molecule has 0 unspecified atom stereocenters. The van der Waals surface area contributed by atoms with E-state index in [0.29, 0.717) is 13.0 Å². The van der Waals surface area contributed by atoms with Crippen LogP contribution in [0.3, 0.4) is 0 Å². The maximum Gasteiger partial charge on any atom is 0.237 e. The molecule has 1 amide bonds. The molecule has 100 valence electrons. The van der Waals surface area contributed by atoms with Gasteiger partial charge in [-0.25, -0.2) is 0 Å². The summed E-state index contributed by atoms with van der Waals surface area (Å²) >= 11 is 0. The standard InChI is InChI=1S/C14H22N2O2/c1-4-13(15)14(17)16-10(3)11-7-6-8-12(9-11)18-5-2/h6-10,13H,4-5,15H2,1-3H3,(H,16,17)/t10-,13+/m0/s1. The number of nitrogens with one attached hydrogen (secondary N) is 1. The predicted octanol–water partition coefficient (Wildman–Crippen LogP) is 2.00. The fourth-order valence-corrected chi connectivity index (χ4v) is 1.63. The zero-order valence-electron chi connectivity index (χ0n) is 11.3. The quantitative estimate of drug-likeness (QED) is 0.811. The van der Waals surface area contributed by atoms with Gasteiger partial charge < -0.3 is 15.8 Å². The second-order valence-corrected chi connectivity index (χ2v) is 4.25. The van der Waals surface area contributed by atoms with E-state index >= 15 is 0 Å². The lowest BCUT2D eigenvalue weighted by atomic mass is 10.1. The largest absolute Gasteiger partial charge is 0.494 e. The number of carbonyl (C=O) groups excluding carboxylic acids is 1. The average molecular weight is 250 g/mol. The first-order valence-corrected chi connectivity index (χ1v) is 6.37. The first kappa shape index (κ1) is 14.5. The van der Waals surface area contributed by atoms with E-state index in [1.165, 1.54) is 0 Å². The lowest BCUT2D eigenvalue weighted by Gasteiger charge is -2.17. The Bertz CT molecular complexity index is 393. The Balaban J connectivity index is 2.68. The summed E-state index contributed by atoms with van der Waals surface area (Å²) in [6.45, 7) is 6.40. The second kappa shape index (κ2) is 7.01. The van der Waals surface area contributed by atoms with Gasteiger partial charge in [0.05, 0.1) is 18.7 Å². The minimum absolute atomic E-state index is 0.0736. The van der Waals surface area contributed by atoms with E-state index in [1.54, 1.807) is 0 Å². The summed E-state index contributed by atoms with van der Waals surface area (Å²) in [7, 11) is 0. The normalized spacial score (nSPS) is 13.8.